The summed E-state index contributed by atoms with van der Waals surface area (Å²) in [5, 5.41) is 10.1. The monoisotopic (exact) mass is 427 g/mol. The van der Waals surface area contributed by atoms with Crippen molar-refractivity contribution in [2.24, 2.45) is 5.73 Å². The van der Waals surface area contributed by atoms with Gasteiger partial charge < -0.3 is 20.3 Å². The minimum Gasteiger partial charge on any atom is -0.477 e. The smallest absolute Gasteiger partial charge is 0.341 e. The molecule has 2 aromatic heterocycles. The van der Waals surface area contributed by atoms with Crippen molar-refractivity contribution in [3.63, 3.8) is 0 Å². The molecule has 0 amide bonds. The molecule has 3 aromatic rings. The highest BCUT2D eigenvalue weighted by atomic mass is 19.1. The molecule has 1 aliphatic heterocycles. The first kappa shape index (κ1) is 21.2. The summed E-state index contributed by atoms with van der Waals surface area (Å²) in [5.74, 6) is -1.76. The number of nitrogens with two attached hydrogens (primary N) is 1. The molecule has 8 nitrogen and oxygen atoms in total. The molecule has 2 unspecified atom stereocenters. The highest BCUT2D eigenvalue weighted by Gasteiger charge is 2.39. The predicted octanol–water partition coefficient (Wildman–Crippen LogP) is 2.18. The van der Waals surface area contributed by atoms with E-state index in [0.29, 0.717) is 28.8 Å². The van der Waals surface area contributed by atoms with Crippen molar-refractivity contribution in [3.05, 3.63) is 46.0 Å². The number of halogens is 1. The summed E-state index contributed by atoms with van der Waals surface area (Å²) in [7, 11) is 3.78. The average molecular weight is 427 g/mol. The lowest BCUT2D eigenvalue weighted by atomic mass is 10.0. The van der Waals surface area contributed by atoms with Crippen molar-refractivity contribution in [1.29, 1.82) is 0 Å². The minimum atomic E-state index is -1.31. The maximum absolute atomic E-state index is 15.0. The Kier molecular flexibility index (Phi) is 4.79. The van der Waals surface area contributed by atoms with Crippen molar-refractivity contribution in [2.75, 3.05) is 25.5 Å². The van der Waals surface area contributed by atoms with Gasteiger partial charge in [-0.2, -0.15) is 0 Å². The summed E-state index contributed by atoms with van der Waals surface area (Å²) in [6.07, 6.45) is 1.20. The Bertz CT molecular complexity index is 1270. The molecular formula is C22H26FN5O3. The second kappa shape index (κ2) is 7.00. The van der Waals surface area contributed by atoms with Gasteiger partial charge in [0.05, 0.1) is 28.8 Å². The average Bonchev–Trinajstić information content (AvgIpc) is 2.63. The zero-order chi connectivity index (χ0) is 22.8. The van der Waals surface area contributed by atoms with Crippen LogP contribution in [-0.4, -0.2) is 58.4 Å². The fourth-order valence-corrected chi connectivity index (χ4v) is 4.23. The number of fused-ring (bicyclic) bond motifs is 2. The first-order chi connectivity index (χ1) is 14.4. The van der Waals surface area contributed by atoms with E-state index in [2.05, 4.69) is 4.98 Å². The Labute approximate surface area is 178 Å². The second-order valence-corrected chi connectivity index (χ2v) is 9.27. The van der Waals surface area contributed by atoms with Crippen molar-refractivity contribution < 1.29 is 14.3 Å². The number of carboxylic acids is 1. The molecule has 0 spiro atoms. The van der Waals surface area contributed by atoms with Crippen LogP contribution in [0.1, 0.15) is 31.1 Å². The lowest BCUT2D eigenvalue weighted by Gasteiger charge is -2.51. The highest BCUT2D eigenvalue weighted by Crippen LogP contribution is 2.33. The van der Waals surface area contributed by atoms with Gasteiger partial charge >= 0.3 is 5.97 Å². The maximum Gasteiger partial charge on any atom is 0.341 e. The molecule has 0 radical (unpaired) electrons. The van der Waals surface area contributed by atoms with Gasteiger partial charge in [0.25, 0.3) is 0 Å². The summed E-state index contributed by atoms with van der Waals surface area (Å²) in [4.78, 5) is 32.9. The number of aromatic nitrogens is 2. The zero-order valence-electron chi connectivity index (χ0n) is 18.2. The second-order valence-electron chi connectivity index (χ2n) is 9.27. The molecular weight excluding hydrogens is 401 g/mol. The van der Waals surface area contributed by atoms with Gasteiger partial charge in [0.2, 0.25) is 5.43 Å². The van der Waals surface area contributed by atoms with Crippen molar-refractivity contribution >= 4 is 33.6 Å². The topological polar surface area (TPSA) is 105 Å². The number of hydrogen-bond acceptors (Lipinski definition) is 6. The number of benzene rings is 1. The third-order valence-electron chi connectivity index (χ3n) is 5.74. The van der Waals surface area contributed by atoms with Crippen LogP contribution in [0.3, 0.4) is 0 Å². The van der Waals surface area contributed by atoms with Crippen LogP contribution in [0.5, 0.6) is 0 Å². The third-order valence-corrected chi connectivity index (χ3v) is 5.74. The Morgan fingerprint density at radius 3 is 2.52 bits per heavy atom. The van der Waals surface area contributed by atoms with Gasteiger partial charge in [0, 0.05) is 23.7 Å². The van der Waals surface area contributed by atoms with E-state index >= 15 is 4.39 Å². The van der Waals surface area contributed by atoms with Crippen LogP contribution >= 0.6 is 0 Å². The van der Waals surface area contributed by atoms with Crippen LogP contribution in [-0.2, 0) is 5.54 Å². The quantitative estimate of drug-likeness (QED) is 0.617. The normalized spacial score (nSPS) is 19.3. The van der Waals surface area contributed by atoms with Gasteiger partial charge in [-0.15, -0.1) is 0 Å². The fraction of sp³-hybridized carbons (Fsp3) is 0.409. The molecule has 0 bridgehead atoms. The van der Waals surface area contributed by atoms with E-state index in [1.165, 1.54) is 18.3 Å². The molecule has 1 saturated heterocycles. The van der Waals surface area contributed by atoms with E-state index in [0.717, 1.165) is 0 Å². The van der Waals surface area contributed by atoms with E-state index in [1.54, 1.807) is 10.6 Å². The van der Waals surface area contributed by atoms with Gasteiger partial charge in [-0.25, -0.2) is 14.2 Å². The summed E-state index contributed by atoms with van der Waals surface area (Å²) in [6, 6.07) is 4.43. The summed E-state index contributed by atoms with van der Waals surface area (Å²) < 4.78 is 16.7. The molecule has 31 heavy (non-hydrogen) atoms. The predicted molar refractivity (Wildman–Crippen MR) is 118 cm³/mol. The van der Waals surface area contributed by atoms with Gasteiger partial charge in [0.1, 0.15) is 17.0 Å². The first-order valence-electron chi connectivity index (χ1n) is 10.0. The van der Waals surface area contributed by atoms with E-state index < -0.39 is 22.8 Å². The molecule has 3 N–H and O–H groups in total. The fourth-order valence-electron chi connectivity index (χ4n) is 4.23. The van der Waals surface area contributed by atoms with E-state index in [1.807, 2.05) is 44.7 Å². The number of pyridine rings is 2. The lowest BCUT2D eigenvalue weighted by Crippen LogP contribution is -2.70. The maximum atomic E-state index is 15.0. The standard InChI is InChI=1S/C22H26FN5O3/c1-22(2,3)28-9-13(21(30)31)18(29)12-6-11-7-14(23)17(8-16(11)25-19(12)28)27-10-15(24)20(27)26(4)5/h6-9,15,20H,10,24H2,1-5H3,(H,30,31). The van der Waals surface area contributed by atoms with Crippen LogP contribution in [0.2, 0.25) is 0 Å². The van der Waals surface area contributed by atoms with E-state index in [-0.39, 0.29) is 23.2 Å². The number of likely N-dealkylation sites (N-methyl/N-ethyl adjacent to an activating group) is 1. The Morgan fingerprint density at radius 2 is 1.97 bits per heavy atom. The van der Waals surface area contributed by atoms with Crippen molar-refractivity contribution in [3.8, 4) is 0 Å². The molecule has 4 rings (SSSR count). The Hall–Kier alpha value is -3.04. The minimum absolute atomic E-state index is 0.0878. The van der Waals surface area contributed by atoms with E-state index in [9.17, 15) is 14.7 Å². The van der Waals surface area contributed by atoms with Gasteiger partial charge in [-0.1, -0.05) is 0 Å². The van der Waals surface area contributed by atoms with Gasteiger partial charge in [-0.05, 0) is 53.1 Å². The third kappa shape index (κ3) is 3.34. The number of carbonyl (C=O) groups is 1. The molecule has 1 fully saturated rings. The zero-order valence-corrected chi connectivity index (χ0v) is 18.2. The summed E-state index contributed by atoms with van der Waals surface area (Å²) in [6.45, 7) is 6.21. The number of anilines is 1. The molecule has 2 atom stereocenters. The van der Waals surface area contributed by atoms with Crippen LogP contribution in [0.4, 0.5) is 10.1 Å². The van der Waals surface area contributed by atoms with Crippen LogP contribution in [0.15, 0.2) is 29.2 Å². The number of rotatable bonds is 3. The molecule has 3 heterocycles. The molecule has 1 aromatic carbocycles. The molecule has 1 aliphatic rings. The Morgan fingerprint density at radius 1 is 1.29 bits per heavy atom. The van der Waals surface area contributed by atoms with Gasteiger partial charge in [0.15, 0.2) is 0 Å². The Balaban J connectivity index is 1.99. The summed E-state index contributed by atoms with van der Waals surface area (Å²) >= 11 is 0. The van der Waals surface area contributed by atoms with Crippen LogP contribution < -0.4 is 16.1 Å². The van der Waals surface area contributed by atoms with Crippen LogP contribution in [0.25, 0.3) is 21.9 Å². The SMILES string of the molecule is CN(C)C1C(N)CN1c1cc2nc3c(cc2cc1F)c(=O)c(C(=O)O)cn3C(C)(C)C. The van der Waals surface area contributed by atoms with Crippen LogP contribution in [0, 0.1) is 5.82 Å². The molecule has 164 valence electrons. The lowest BCUT2D eigenvalue weighted by molar-refractivity contribution is 0.0694. The number of carboxylic acid groups (broad SMARTS) is 1. The molecule has 0 aliphatic carbocycles. The van der Waals surface area contributed by atoms with Crippen molar-refractivity contribution in [2.45, 2.75) is 38.5 Å². The number of hydrogen-bond donors (Lipinski definition) is 2. The number of nitrogens with zero attached hydrogens (tertiary/aromatic N) is 4. The number of aromatic carboxylic acids is 1. The van der Waals surface area contributed by atoms with Crippen molar-refractivity contribution in [1.82, 2.24) is 14.5 Å². The van der Waals surface area contributed by atoms with Gasteiger partial charge in [-0.3, -0.25) is 9.69 Å². The molecule has 9 heteroatoms. The first-order valence-corrected chi connectivity index (χ1v) is 10.0. The summed E-state index contributed by atoms with van der Waals surface area (Å²) in [5.41, 5.74) is 5.87. The largest absolute Gasteiger partial charge is 0.477 e. The molecule has 0 saturated carbocycles. The highest BCUT2D eigenvalue weighted by molar-refractivity contribution is 5.97. The van der Waals surface area contributed by atoms with E-state index in [4.69, 9.17) is 5.73 Å².